The van der Waals surface area contributed by atoms with E-state index in [2.05, 4.69) is 9.88 Å². The first-order valence-electron chi connectivity index (χ1n) is 5.18. The van der Waals surface area contributed by atoms with Crippen LogP contribution in [-0.4, -0.2) is 42.4 Å². The second-order valence-corrected chi connectivity index (χ2v) is 3.84. The van der Waals surface area contributed by atoms with Gasteiger partial charge in [0.2, 0.25) is 0 Å². The van der Waals surface area contributed by atoms with Gasteiger partial charge in [0.1, 0.15) is 5.69 Å². The Balaban J connectivity index is 2.11. The molecule has 0 saturated carbocycles. The fourth-order valence-electron chi connectivity index (χ4n) is 1.76. The minimum absolute atomic E-state index is 0.0693. The van der Waals surface area contributed by atoms with Crippen LogP contribution in [0.4, 0.5) is 5.69 Å². The molecule has 0 aromatic carbocycles. The van der Waals surface area contributed by atoms with Gasteiger partial charge in [-0.3, -0.25) is 0 Å². The molecule has 0 spiro atoms. The van der Waals surface area contributed by atoms with Crippen LogP contribution in [0.3, 0.4) is 0 Å². The van der Waals surface area contributed by atoms with Crippen molar-refractivity contribution in [1.29, 1.82) is 0 Å². The van der Waals surface area contributed by atoms with Crippen LogP contribution >= 0.6 is 0 Å². The number of carbonyl (C=O) groups is 1. The number of aromatic carboxylic acids is 1. The standard InChI is InChI=1S/C11H14N2O3/c1-13(9-4-5-16-7-9)8-2-3-10(11(14)15)12-6-8/h2-3,6,9H,4-5,7H2,1H3,(H,14,15). The lowest BCUT2D eigenvalue weighted by Crippen LogP contribution is -2.31. The zero-order valence-electron chi connectivity index (χ0n) is 9.09. The number of pyridine rings is 1. The van der Waals surface area contributed by atoms with E-state index in [9.17, 15) is 4.79 Å². The molecule has 86 valence electrons. The molecule has 5 nitrogen and oxygen atoms in total. The Hall–Kier alpha value is -1.62. The molecule has 2 heterocycles. The molecule has 5 heteroatoms. The topological polar surface area (TPSA) is 62.7 Å². The van der Waals surface area contributed by atoms with Crippen LogP contribution in [0, 0.1) is 0 Å². The van der Waals surface area contributed by atoms with Crippen molar-refractivity contribution in [3.8, 4) is 0 Å². The van der Waals surface area contributed by atoms with E-state index in [4.69, 9.17) is 9.84 Å². The number of hydrogen-bond acceptors (Lipinski definition) is 4. The first kappa shape index (κ1) is 10.9. The first-order valence-corrected chi connectivity index (χ1v) is 5.18. The van der Waals surface area contributed by atoms with E-state index < -0.39 is 5.97 Å². The molecule has 1 aromatic heterocycles. The second kappa shape index (κ2) is 4.49. The predicted molar refractivity (Wildman–Crippen MR) is 58.8 cm³/mol. The third-order valence-corrected chi connectivity index (χ3v) is 2.83. The average molecular weight is 222 g/mol. The van der Waals surface area contributed by atoms with Crippen molar-refractivity contribution in [2.75, 3.05) is 25.2 Å². The maximum Gasteiger partial charge on any atom is 0.354 e. The lowest BCUT2D eigenvalue weighted by Gasteiger charge is -2.24. The highest BCUT2D eigenvalue weighted by atomic mass is 16.5. The van der Waals surface area contributed by atoms with Crippen molar-refractivity contribution in [1.82, 2.24) is 4.98 Å². The molecule has 0 bridgehead atoms. The Kier molecular flexibility index (Phi) is 3.05. The van der Waals surface area contributed by atoms with Crippen LogP contribution in [-0.2, 0) is 4.74 Å². The van der Waals surface area contributed by atoms with Crippen molar-refractivity contribution in [2.24, 2.45) is 0 Å². The van der Waals surface area contributed by atoms with Crippen LogP contribution in [0.5, 0.6) is 0 Å². The number of carboxylic acid groups (broad SMARTS) is 1. The first-order chi connectivity index (χ1) is 7.68. The molecule has 1 aromatic rings. The third kappa shape index (κ3) is 2.14. The normalized spacial score (nSPS) is 19.7. The molecule has 1 saturated heterocycles. The molecule has 1 aliphatic heterocycles. The Morgan fingerprint density at radius 2 is 2.44 bits per heavy atom. The van der Waals surface area contributed by atoms with Crippen LogP contribution in [0.15, 0.2) is 18.3 Å². The second-order valence-electron chi connectivity index (χ2n) is 3.84. The molecule has 0 radical (unpaired) electrons. The van der Waals surface area contributed by atoms with Crippen molar-refractivity contribution in [3.05, 3.63) is 24.0 Å². The number of hydrogen-bond donors (Lipinski definition) is 1. The molecule has 1 aliphatic rings. The highest BCUT2D eigenvalue weighted by Crippen LogP contribution is 2.19. The van der Waals surface area contributed by atoms with Crippen molar-refractivity contribution >= 4 is 11.7 Å². The quantitative estimate of drug-likeness (QED) is 0.826. The summed E-state index contributed by atoms with van der Waals surface area (Å²) in [5.41, 5.74) is 0.986. The van der Waals surface area contributed by atoms with E-state index in [0.29, 0.717) is 6.04 Å². The number of nitrogens with zero attached hydrogens (tertiary/aromatic N) is 2. The minimum atomic E-state index is -1.00. The Bertz CT molecular complexity index is 371. The fraction of sp³-hybridized carbons (Fsp3) is 0.455. The maximum atomic E-state index is 10.6. The third-order valence-electron chi connectivity index (χ3n) is 2.83. The Morgan fingerprint density at radius 1 is 1.62 bits per heavy atom. The van der Waals surface area contributed by atoms with Gasteiger partial charge in [-0.1, -0.05) is 0 Å². The van der Waals surface area contributed by atoms with Crippen molar-refractivity contribution < 1.29 is 14.6 Å². The number of aromatic nitrogens is 1. The van der Waals surface area contributed by atoms with Crippen molar-refractivity contribution in [2.45, 2.75) is 12.5 Å². The van der Waals surface area contributed by atoms with Gasteiger partial charge in [0, 0.05) is 13.7 Å². The summed E-state index contributed by atoms with van der Waals surface area (Å²) in [5.74, 6) is -1.00. The van der Waals surface area contributed by atoms with Crippen molar-refractivity contribution in [3.63, 3.8) is 0 Å². The molecular formula is C11H14N2O3. The van der Waals surface area contributed by atoms with Gasteiger partial charge in [0.05, 0.1) is 24.5 Å². The zero-order chi connectivity index (χ0) is 11.5. The minimum Gasteiger partial charge on any atom is -0.477 e. The number of likely N-dealkylation sites (N-methyl/N-ethyl adjacent to an activating group) is 1. The van der Waals surface area contributed by atoms with E-state index in [1.807, 2.05) is 7.05 Å². The highest BCUT2D eigenvalue weighted by molar-refractivity contribution is 5.85. The SMILES string of the molecule is CN(c1ccc(C(=O)O)nc1)C1CCOC1. The molecule has 0 amide bonds. The van der Waals surface area contributed by atoms with Gasteiger partial charge in [-0.05, 0) is 18.6 Å². The summed E-state index contributed by atoms with van der Waals surface area (Å²) < 4.78 is 5.31. The van der Waals surface area contributed by atoms with E-state index in [0.717, 1.165) is 25.3 Å². The summed E-state index contributed by atoms with van der Waals surface area (Å²) in [6.45, 7) is 1.51. The lowest BCUT2D eigenvalue weighted by atomic mass is 10.2. The van der Waals surface area contributed by atoms with Gasteiger partial charge in [-0.15, -0.1) is 0 Å². The van der Waals surface area contributed by atoms with Gasteiger partial charge >= 0.3 is 5.97 Å². The zero-order valence-corrected chi connectivity index (χ0v) is 9.09. The Labute approximate surface area is 93.7 Å². The molecule has 1 fully saturated rings. The predicted octanol–water partition coefficient (Wildman–Crippen LogP) is 1.00. The number of rotatable bonds is 3. The van der Waals surface area contributed by atoms with Gasteiger partial charge in [-0.25, -0.2) is 9.78 Å². The smallest absolute Gasteiger partial charge is 0.354 e. The lowest BCUT2D eigenvalue weighted by molar-refractivity contribution is 0.0690. The van der Waals surface area contributed by atoms with Crippen LogP contribution in [0.2, 0.25) is 0 Å². The number of carboxylic acids is 1. The molecule has 1 N–H and O–H groups in total. The van der Waals surface area contributed by atoms with Crippen LogP contribution < -0.4 is 4.90 Å². The summed E-state index contributed by atoms with van der Waals surface area (Å²) in [7, 11) is 1.97. The molecule has 0 aliphatic carbocycles. The van der Waals surface area contributed by atoms with Gasteiger partial charge < -0.3 is 14.7 Å². The largest absolute Gasteiger partial charge is 0.477 e. The van der Waals surface area contributed by atoms with E-state index in [-0.39, 0.29) is 5.69 Å². The molecule has 1 atom stereocenters. The summed E-state index contributed by atoms with van der Waals surface area (Å²) in [6, 6.07) is 3.65. The van der Waals surface area contributed by atoms with E-state index in [1.165, 1.54) is 6.07 Å². The maximum absolute atomic E-state index is 10.6. The van der Waals surface area contributed by atoms with E-state index >= 15 is 0 Å². The molecule has 1 unspecified atom stereocenters. The van der Waals surface area contributed by atoms with Gasteiger partial charge in [0.25, 0.3) is 0 Å². The van der Waals surface area contributed by atoms with Crippen LogP contribution in [0.1, 0.15) is 16.9 Å². The fourth-order valence-corrected chi connectivity index (χ4v) is 1.76. The summed E-state index contributed by atoms with van der Waals surface area (Å²) in [6.07, 6.45) is 2.58. The summed E-state index contributed by atoms with van der Waals surface area (Å²) >= 11 is 0. The monoisotopic (exact) mass is 222 g/mol. The summed E-state index contributed by atoms with van der Waals surface area (Å²) in [4.78, 5) is 16.6. The van der Waals surface area contributed by atoms with Gasteiger partial charge in [-0.2, -0.15) is 0 Å². The molecular weight excluding hydrogens is 208 g/mol. The highest BCUT2D eigenvalue weighted by Gasteiger charge is 2.20. The van der Waals surface area contributed by atoms with Gasteiger partial charge in [0.15, 0.2) is 0 Å². The average Bonchev–Trinajstić information content (AvgIpc) is 2.81. The van der Waals surface area contributed by atoms with E-state index in [1.54, 1.807) is 12.3 Å². The molecule has 16 heavy (non-hydrogen) atoms. The molecule has 2 rings (SSSR count). The number of ether oxygens (including phenoxy) is 1. The number of anilines is 1. The summed E-state index contributed by atoms with van der Waals surface area (Å²) in [5, 5.41) is 8.73. The van der Waals surface area contributed by atoms with Crippen LogP contribution in [0.25, 0.3) is 0 Å². The Morgan fingerprint density at radius 3 is 2.94 bits per heavy atom.